The molecule has 1 saturated heterocycles. The van der Waals surface area contributed by atoms with Gasteiger partial charge in [-0.05, 0) is 18.8 Å². The zero-order valence-corrected chi connectivity index (χ0v) is 9.85. The molecule has 1 aliphatic heterocycles. The fourth-order valence-corrected chi connectivity index (χ4v) is 2.20. The number of piperidine rings is 1. The molecule has 0 bridgehead atoms. The van der Waals surface area contributed by atoms with Gasteiger partial charge in [-0.15, -0.1) is 0 Å². The maximum absolute atomic E-state index is 12.0. The summed E-state index contributed by atoms with van der Waals surface area (Å²) in [6.07, 6.45) is 1.73. The van der Waals surface area contributed by atoms with Crippen molar-refractivity contribution in [2.75, 3.05) is 13.1 Å². The third-order valence-electron chi connectivity index (χ3n) is 3.24. The Morgan fingerprint density at radius 2 is 2.19 bits per heavy atom. The number of hydrogen-bond acceptors (Lipinski definition) is 3. The maximum atomic E-state index is 12.0. The van der Waals surface area contributed by atoms with E-state index in [2.05, 4.69) is 0 Å². The summed E-state index contributed by atoms with van der Waals surface area (Å²) < 4.78 is 0. The van der Waals surface area contributed by atoms with Crippen LogP contribution in [0.5, 0.6) is 0 Å². The molecule has 0 saturated carbocycles. The molecule has 3 N–H and O–H groups in total. The van der Waals surface area contributed by atoms with E-state index >= 15 is 0 Å². The van der Waals surface area contributed by atoms with Gasteiger partial charge in [0.2, 0.25) is 5.91 Å². The number of carboxylic acids is 1. The lowest BCUT2D eigenvalue weighted by Gasteiger charge is -2.38. The molecule has 5 nitrogen and oxygen atoms in total. The van der Waals surface area contributed by atoms with Crippen molar-refractivity contribution in [3.63, 3.8) is 0 Å². The number of amides is 1. The Hall–Kier alpha value is -1.10. The van der Waals surface area contributed by atoms with E-state index in [1.807, 2.05) is 6.92 Å². The van der Waals surface area contributed by atoms with Crippen molar-refractivity contribution in [3.8, 4) is 0 Å². The normalized spacial score (nSPS) is 27.6. The number of hydrogen-bond donors (Lipinski definition) is 2. The van der Waals surface area contributed by atoms with Gasteiger partial charge in [0.25, 0.3) is 0 Å². The lowest BCUT2D eigenvalue weighted by molar-refractivity contribution is -0.156. The fourth-order valence-electron chi connectivity index (χ4n) is 2.20. The molecule has 5 heteroatoms. The summed E-state index contributed by atoms with van der Waals surface area (Å²) in [7, 11) is 0. The first kappa shape index (κ1) is 13.0. The Morgan fingerprint density at radius 3 is 2.69 bits per heavy atom. The van der Waals surface area contributed by atoms with E-state index in [1.54, 1.807) is 6.92 Å². The standard InChI is InChI=1S/C11H20N2O3/c1-7-4-3-5-13(9(7)11(15)16)10(14)8(2)6-12/h7-9H,3-6,12H2,1-2H3,(H,15,16). The number of aliphatic carboxylic acids is 1. The molecular weight excluding hydrogens is 208 g/mol. The van der Waals surface area contributed by atoms with Crippen molar-refractivity contribution >= 4 is 11.9 Å². The average molecular weight is 228 g/mol. The highest BCUT2D eigenvalue weighted by Crippen LogP contribution is 2.24. The molecule has 0 aromatic heterocycles. The molecule has 0 aromatic carbocycles. The lowest BCUT2D eigenvalue weighted by Crippen LogP contribution is -2.54. The Bertz CT molecular complexity index is 280. The number of carboxylic acid groups (broad SMARTS) is 1. The molecule has 0 aliphatic carbocycles. The summed E-state index contributed by atoms with van der Waals surface area (Å²) in [5.74, 6) is -1.33. The number of carbonyl (C=O) groups is 2. The molecule has 16 heavy (non-hydrogen) atoms. The number of nitrogens with zero attached hydrogens (tertiary/aromatic N) is 1. The van der Waals surface area contributed by atoms with E-state index in [4.69, 9.17) is 10.8 Å². The lowest BCUT2D eigenvalue weighted by atomic mass is 9.90. The minimum absolute atomic E-state index is 0.0141. The Morgan fingerprint density at radius 1 is 1.56 bits per heavy atom. The Balaban J connectivity index is 2.83. The van der Waals surface area contributed by atoms with Crippen molar-refractivity contribution in [2.45, 2.75) is 32.7 Å². The number of rotatable bonds is 3. The van der Waals surface area contributed by atoms with E-state index in [-0.39, 0.29) is 24.3 Å². The second-order valence-corrected chi connectivity index (χ2v) is 4.57. The zero-order valence-electron chi connectivity index (χ0n) is 9.85. The molecule has 1 rings (SSSR count). The highest BCUT2D eigenvalue weighted by Gasteiger charge is 2.37. The minimum Gasteiger partial charge on any atom is -0.480 e. The van der Waals surface area contributed by atoms with Crippen LogP contribution in [0.15, 0.2) is 0 Å². The summed E-state index contributed by atoms with van der Waals surface area (Å²) in [4.78, 5) is 24.6. The van der Waals surface area contributed by atoms with E-state index in [0.717, 1.165) is 12.8 Å². The molecule has 1 aliphatic rings. The SMILES string of the molecule is CC(CN)C(=O)N1CCCC(C)C1C(=O)O. The molecule has 1 heterocycles. The van der Waals surface area contributed by atoms with Gasteiger partial charge in [0, 0.05) is 19.0 Å². The van der Waals surface area contributed by atoms with Crippen molar-refractivity contribution in [1.29, 1.82) is 0 Å². The second-order valence-electron chi connectivity index (χ2n) is 4.57. The number of nitrogens with two attached hydrogens (primary N) is 1. The maximum Gasteiger partial charge on any atom is 0.326 e. The van der Waals surface area contributed by atoms with Gasteiger partial charge in [0.05, 0.1) is 0 Å². The zero-order chi connectivity index (χ0) is 12.3. The quantitative estimate of drug-likeness (QED) is 0.727. The van der Waals surface area contributed by atoms with Gasteiger partial charge in [-0.25, -0.2) is 4.79 Å². The van der Waals surface area contributed by atoms with Gasteiger partial charge in [-0.1, -0.05) is 13.8 Å². The van der Waals surface area contributed by atoms with E-state index < -0.39 is 12.0 Å². The molecule has 92 valence electrons. The van der Waals surface area contributed by atoms with E-state index in [9.17, 15) is 9.59 Å². The third-order valence-corrected chi connectivity index (χ3v) is 3.24. The highest BCUT2D eigenvalue weighted by molar-refractivity contribution is 5.85. The van der Waals surface area contributed by atoms with Crippen molar-refractivity contribution < 1.29 is 14.7 Å². The summed E-state index contributed by atoms with van der Waals surface area (Å²) >= 11 is 0. The Kier molecular flexibility index (Phi) is 4.29. The second kappa shape index (κ2) is 5.30. The number of likely N-dealkylation sites (tertiary alicyclic amines) is 1. The van der Waals surface area contributed by atoms with Gasteiger partial charge >= 0.3 is 5.97 Å². The van der Waals surface area contributed by atoms with Gasteiger partial charge in [-0.2, -0.15) is 0 Å². The Labute approximate surface area is 95.6 Å². The van der Waals surface area contributed by atoms with Gasteiger partial charge in [-0.3, -0.25) is 4.79 Å². The molecule has 0 spiro atoms. The van der Waals surface area contributed by atoms with Crippen LogP contribution < -0.4 is 5.73 Å². The fraction of sp³-hybridized carbons (Fsp3) is 0.818. The summed E-state index contributed by atoms with van der Waals surface area (Å²) in [6.45, 7) is 4.41. The average Bonchev–Trinajstić information content (AvgIpc) is 2.26. The first-order chi connectivity index (χ1) is 7.49. The minimum atomic E-state index is -0.912. The monoisotopic (exact) mass is 228 g/mol. The van der Waals surface area contributed by atoms with Crippen LogP contribution in [-0.4, -0.2) is 41.0 Å². The summed E-state index contributed by atoms with van der Waals surface area (Å²) in [5.41, 5.74) is 5.44. The van der Waals surface area contributed by atoms with E-state index in [1.165, 1.54) is 4.90 Å². The number of carbonyl (C=O) groups excluding carboxylic acids is 1. The first-order valence-corrected chi connectivity index (χ1v) is 5.72. The van der Waals surface area contributed by atoms with Crippen LogP contribution in [0.4, 0.5) is 0 Å². The van der Waals surface area contributed by atoms with Gasteiger partial charge < -0.3 is 15.7 Å². The van der Waals surface area contributed by atoms with Crippen LogP contribution in [0.1, 0.15) is 26.7 Å². The van der Waals surface area contributed by atoms with Crippen molar-refractivity contribution in [3.05, 3.63) is 0 Å². The molecule has 0 radical (unpaired) electrons. The molecular formula is C11H20N2O3. The third kappa shape index (κ3) is 2.52. The van der Waals surface area contributed by atoms with Crippen LogP contribution >= 0.6 is 0 Å². The summed E-state index contributed by atoms with van der Waals surface area (Å²) in [5, 5.41) is 9.16. The molecule has 3 unspecified atom stereocenters. The van der Waals surface area contributed by atoms with Crippen LogP contribution in [0.2, 0.25) is 0 Å². The molecule has 1 fully saturated rings. The van der Waals surface area contributed by atoms with Crippen LogP contribution in [0.3, 0.4) is 0 Å². The topological polar surface area (TPSA) is 83.6 Å². The van der Waals surface area contributed by atoms with Gasteiger partial charge in [0.15, 0.2) is 0 Å². The summed E-state index contributed by atoms with van der Waals surface area (Å²) in [6, 6.07) is -0.685. The highest BCUT2D eigenvalue weighted by atomic mass is 16.4. The molecule has 1 amide bonds. The van der Waals surface area contributed by atoms with Crippen LogP contribution in [0, 0.1) is 11.8 Å². The largest absolute Gasteiger partial charge is 0.480 e. The van der Waals surface area contributed by atoms with Gasteiger partial charge in [0.1, 0.15) is 6.04 Å². The van der Waals surface area contributed by atoms with Crippen LogP contribution in [-0.2, 0) is 9.59 Å². The predicted octanol–water partition coefficient (Wildman–Crippen LogP) is 0.293. The van der Waals surface area contributed by atoms with Crippen molar-refractivity contribution in [1.82, 2.24) is 4.90 Å². The smallest absolute Gasteiger partial charge is 0.326 e. The first-order valence-electron chi connectivity index (χ1n) is 5.72. The van der Waals surface area contributed by atoms with E-state index in [0.29, 0.717) is 6.54 Å². The van der Waals surface area contributed by atoms with Crippen LogP contribution in [0.25, 0.3) is 0 Å². The predicted molar refractivity (Wildman–Crippen MR) is 59.8 cm³/mol. The molecule has 0 aromatic rings. The van der Waals surface area contributed by atoms with Crippen molar-refractivity contribution in [2.24, 2.45) is 17.6 Å². The molecule has 3 atom stereocenters.